The molecule has 1 heterocycles. The Morgan fingerprint density at radius 3 is 2.85 bits per heavy atom. The van der Waals surface area contributed by atoms with Crippen LogP contribution in [-0.2, 0) is 0 Å². The molecule has 0 saturated heterocycles. The lowest BCUT2D eigenvalue weighted by molar-refractivity contribution is 0.620. The van der Waals surface area contributed by atoms with E-state index in [2.05, 4.69) is 5.38 Å². The zero-order chi connectivity index (χ0) is 9.42. The largest absolute Gasteiger partial charge is 0.207 e. The number of fused-ring (bicyclic) bond motifs is 1. The lowest BCUT2D eigenvalue weighted by atomic mass is 10.2. The van der Waals surface area contributed by atoms with Gasteiger partial charge in [0.05, 0.1) is 0 Å². The highest BCUT2D eigenvalue weighted by atomic mass is 32.2. The van der Waals surface area contributed by atoms with E-state index in [9.17, 15) is 4.39 Å². The molecule has 3 heteroatoms. The van der Waals surface area contributed by atoms with Crippen molar-refractivity contribution in [1.29, 1.82) is 0 Å². The Balaban J connectivity index is 2.77. The first-order chi connectivity index (χ1) is 6.22. The maximum Gasteiger partial charge on any atom is 0.126 e. The molecule has 0 saturated carbocycles. The van der Waals surface area contributed by atoms with Crippen molar-refractivity contribution in [3.05, 3.63) is 28.9 Å². The molecule has 2 rings (SSSR count). The molecule has 2 aromatic rings. The lowest BCUT2D eigenvalue weighted by Crippen LogP contribution is -1.80. The second kappa shape index (κ2) is 3.31. The minimum Gasteiger partial charge on any atom is -0.207 e. The quantitative estimate of drug-likeness (QED) is 0.642. The van der Waals surface area contributed by atoms with Gasteiger partial charge >= 0.3 is 0 Å². The number of halogens is 1. The second-order valence-electron chi connectivity index (χ2n) is 2.90. The first-order valence-electron chi connectivity index (χ1n) is 3.93. The molecule has 0 aliphatic heterocycles. The average molecular weight is 212 g/mol. The van der Waals surface area contributed by atoms with Crippen molar-refractivity contribution in [2.75, 3.05) is 6.26 Å². The lowest BCUT2D eigenvalue weighted by Gasteiger charge is -1.97. The van der Waals surface area contributed by atoms with E-state index < -0.39 is 0 Å². The number of thiophene rings is 1. The zero-order valence-electron chi connectivity index (χ0n) is 7.43. The molecule has 68 valence electrons. The summed E-state index contributed by atoms with van der Waals surface area (Å²) in [5.41, 5.74) is 0.724. The summed E-state index contributed by atoms with van der Waals surface area (Å²) >= 11 is 3.34. The number of thioether (sulfide) groups is 1. The van der Waals surface area contributed by atoms with Crippen LogP contribution in [0.25, 0.3) is 10.1 Å². The van der Waals surface area contributed by atoms with E-state index in [1.54, 1.807) is 36.1 Å². The summed E-state index contributed by atoms with van der Waals surface area (Å²) in [6.45, 7) is 1.80. The standard InChI is InChI=1S/C10H9FS2/c1-6-3-9-7(4-8(6)11)10(12-2)5-13-9/h3-5H,1-2H3. The molecular weight excluding hydrogens is 203 g/mol. The molecule has 0 N–H and O–H groups in total. The van der Waals surface area contributed by atoms with Crippen LogP contribution in [0.3, 0.4) is 0 Å². The van der Waals surface area contributed by atoms with Gasteiger partial charge in [-0.05, 0) is 30.9 Å². The average Bonchev–Trinajstić information content (AvgIpc) is 2.48. The maximum atomic E-state index is 13.2. The number of aryl methyl sites for hydroxylation is 1. The number of rotatable bonds is 1. The second-order valence-corrected chi connectivity index (χ2v) is 4.66. The molecule has 0 radical (unpaired) electrons. The van der Waals surface area contributed by atoms with Crippen molar-refractivity contribution in [3.63, 3.8) is 0 Å². The topological polar surface area (TPSA) is 0 Å². The van der Waals surface area contributed by atoms with E-state index in [1.807, 2.05) is 12.3 Å². The Kier molecular flexibility index (Phi) is 2.30. The number of hydrogen-bond acceptors (Lipinski definition) is 2. The molecule has 0 unspecified atom stereocenters. The SMILES string of the molecule is CSc1csc2cc(C)c(F)cc12. The Hall–Kier alpha value is -0.540. The van der Waals surface area contributed by atoms with Gasteiger partial charge in [0.25, 0.3) is 0 Å². The maximum absolute atomic E-state index is 13.2. The van der Waals surface area contributed by atoms with Gasteiger partial charge in [0.15, 0.2) is 0 Å². The Morgan fingerprint density at radius 2 is 2.15 bits per heavy atom. The monoisotopic (exact) mass is 212 g/mol. The summed E-state index contributed by atoms with van der Waals surface area (Å²) in [6, 6.07) is 3.54. The van der Waals surface area contributed by atoms with Crippen LogP contribution in [0.2, 0.25) is 0 Å². The minimum atomic E-state index is -0.110. The van der Waals surface area contributed by atoms with Gasteiger partial charge in [-0.2, -0.15) is 0 Å². The minimum absolute atomic E-state index is 0.110. The van der Waals surface area contributed by atoms with Crippen LogP contribution in [0.4, 0.5) is 4.39 Å². The van der Waals surface area contributed by atoms with E-state index in [0.717, 1.165) is 10.9 Å². The van der Waals surface area contributed by atoms with Crippen LogP contribution in [0.5, 0.6) is 0 Å². The smallest absolute Gasteiger partial charge is 0.126 e. The van der Waals surface area contributed by atoms with Crippen molar-refractivity contribution in [1.82, 2.24) is 0 Å². The first-order valence-corrected chi connectivity index (χ1v) is 6.04. The summed E-state index contributed by atoms with van der Waals surface area (Å²) < 4.78 is 14.4. The summed E-state index contributed by atoms with van der Waals surface area (Å²) in [5.74, 6) is -0.110. The van der Waals surface area contributed by atoms with Gasteiger partial charge in [0.2, 0.25) is 0 Å². The fourth-order valence-corrected chi connectivity index (χ4v) is 3.17. The van der Waals surface area contributed by atoms with Gasteiger partial charge in [0, 0.05) is 20.4 Å². The molecule has 1 aromatic carbocycles. The predicted molar refractivity (Wildman–Crippen MR) is 58.3 cm³/mol. The summed E-state index contributed by atoms with van der Waals surface area (Å²) in [5, 5.41) is 3.12. The van der Waals surface area contributed by atoms with Crippen molar-refractivity contribution in [3.8, 4) is 0 Å². The van der Waals surface area contributed by atoms with E-state index in [0.29, 0.717) is 0 Å². The van der Waals surface area contributed by atoms with Crippen molar-refractivity contribution in [2.24, 2.45) is 0 Å². The molecule has 13 heavy (non-hydrogen) atoms. The molecule has 0 fully saturated rings. The molecule has 1 aromatic heterocycles. The van der Waals surface area contributed by atoms with Crippen LogP contribution in [0.1, 0.15) is 5.56 Å². The Labute approximate surface area is 84.8 Å². The Bertz CT molecular complexity index is 445. The van der Waals surface area contributed by atoms with Gasteiger partial charge in [-0.15, -0.1) is 23.1 Å². The molecule has 0 spiro atoms. The third kappa shape index (κ3) is 1.46. The van der Waals surface area contributed by atoms with Crippen LogP contribution in [0, 0.1) is 12.7 Å². The third-order valence-corrected chi connectivity index (χ3v) is 3.91. The summed E-state index contributed by atoms with van der Waals surface area (Å²) in [6.07, 6.45) is 2.01. The van der Waals surface area contributed by atoms with Crippen molar-refractivity contribution in [2.45, 2.75) is 11.8 Å². The fraction of sp³-hybridized carbons (Fsp3) is 0.200. The van der Waals surface area contributed by atoms with Gasteiger partial charge in [-0.1, -0.05) is 0 Å². The summed E-state index contributed by atoms with van der Waals surface area (Å²) in [7, 11) is 0. The van der Waals surface area contributed by atoms with Crippen molar-refractivity contribution < 1.29 is 4.39 Å². The van der Waals surface area contributed by atoms with E-state index in [1.165, 1.54) is 9.60 Å². The van der Waals surface area contributed by atoms with Crippen molar-refractivity contribution >= 4 is 33.2 Å². The molecule has 0 bridgehead atoms. The van der Waals surface area contributed by atoms with Crippen LogP contribution >= 0.6 is 23.1 Å². The van der Waals surface area contributed by atoms with E-state index in [-0.39, 0.29) is 5.82 Å². The molecule has 0 aliphatic carbocycles. The molecule has 0 atom stereocenters. The first kappa shape index (κ1) is 9.03. The van der Waals surface area contributed by atoms with Gasteiger partial charge in [-0.25, -0.2) is 4.39 Å². The van der Waals surface area contributed by atoms with Crippen LogP contribution in [-0.4, -0.2) is 6.26 Å². The fourth-order valence-electron chi connectivity index (χ4n) is 1.28. The number of benzene rings is 1. The molecule has 0 aliphatic rings. The van der Waals surface area contributed by atoms with Gasteiger partial charge in [-0.3, -0.25) is 0 Å². The summed E-state index contributed by atoms with van der Waals surface area (Å²) in [4.78, 5) is 1.17. The molecular formula is C10H9FS2. The third-order valence-electron chi connectivity index (χ3n) is 2.04. The zero-order valence-corrected chi connectivity index (χ0v) is 9.06. The van der Waals surface area contributed by atoms with Gasteiger partial charge in [0.1, 0.15) is 5.82 Å². The van der Waals surface area contributed by atoms with E-state index in [4.69, 9.17) is 0 Å². The van der Waals surface area contributed by atoms with Crippen LogP contribution in [0.15, 0.2) is 22.4 Å². The van der Waals surface area contributed by atoms with E-state index >= 15 is 0 Å². The number of hydrogen-bond donors (Lipinski definition) is 0. The molecule has 0 nitrogen and oxygen atoms in total. The van der Waals surface area contributed by atoms with Gasteiger partial charge < -0.3 is 0 Å². The highest BCUT2D eigenvalue weighted by molar-refractivity contribution is 7.99. The Morgan fingerprint density at radius 1 is 1.38 bits per heavy atom. The normalized spacial score (nSPS) is 11.0. The van der Waals surface area contributed by atoms with Crippen LogP contribution < -0.4 is 0 Å². The highest BCUT2D eigenvalue weighted by Gasteiger charge is 2.06. The molecule has 0 amide bonds. The highest BCUT2D eigenvalue weighted by Crippen LogP contribution is 2.33. The predicted octanol–water partition coefficient (Wildman–Crippen LogP) is 4.07.